The van der Waals surface area contributed by atoms with Gasteiger partial charge in [0.25, 0.3) is 0 Å². The minimum Gasteiger partial charge on any atom is -0.306 e. The van der Waals surface area contributed by atoms with Crippen molar-refractivity contribution in [1.82, 2.24) is 5.32 Å². The lowest BCUT2D eigenvalue weighted by Crippen LogP contribution is -2.24. The molecular weight excluding hydrogens is 344 g/mol. The van der Waals surface area contributed by atoms with E-state index in [9.17, 15) is 8.78 Å². The van der Waals surface area contributed by atoms with Gasteiger partial charge in [0.2, 0.25) is 0 Å². The molecule has 0 aliphatic rings. The molecule has 1 aromatic carbocycles. The van der Waals surface area contributed by atoms with Gasteiger partial charge in [-0.15, -0.1) is 11.3 Å². The maximum atomic E-state index is 14.2. The summed E-state index contributed by atoms with van der Waals surface area (Å²) in [6.45, 7) is 6.54. The second-order valence-corrected chi connectivity index (χ2v) is 7.02. The summed E-state index contributed by atoms with van der Waals surface area (Å²) < 4.78 is 28.8. The molecule has 1 heterocycles. The highest BCUT2D eigenvalue weighted by Crippen LogP contribution is 2.34. The number of benzene rings is 1. The maximum Gasteiger partial charge on any atom is 0.132 e. The van der Waals surface area contributed by atoms with Crippen molar-refractivity contribution in [2.45, 2.75) is 26.8 Å². The number of nitrogens with one attached hydrogen (secondary N) is 1. The number of hydrogen-bond donors (Lipinski definition) is 1. The van der Waals surface area contributed by atoms with Gasteiger partial charge in [0.15, 0.2) is 0 Å². The average Bonchev–Trinajstić information content (AvgIpc) is 2.66. The number of halogens is 3. The van der Waals surface area contributed by atoms with E-state index in [1.807, 2.05) is 26.8 Å². The third-order valence-corrected chi connectivity index (χ3v) is 4.57. The topological polar surface area (TPSA) is 12.0 Å². The molecule has 1 atom stereocenters. The first-order valence-electron chi connectivity index (χ1n) is 6.38. The molecule has 1 aromatic heterocycles. The van der Waals surface area contributed by atoms with Gasteiger partial charge in [0.1, 0.15) is 11.6 Å². The van der Waals surface area contributed by atoms with E-state index in [2.05, 4.69) is 21.2 Å². The largest absolute Gasteiger partial charge is 0.306 e. The Morgan fingerprint density at radius 2 is 1.80 bits per heavy atom. The van der Waals surface area contributed by atoms with Crippen LogP contribution in [0.3, 0.4) is 0 Å². The normalized spacial score (nSPS) is 12.7. The third-order valence-electron chi connectivity index (χ3n) is 3.13. The van der Waals surface area contributed by atoms with Crippen LogP contribution in [-0.4, -0.2) is 6.54 Å². The second kappa shape index (κ2) is 6.33. The summed E-state index contributed by atoms with van der Waals surface area (Å²) in [5.41, 5.74) is 1.02. The van der Waals surface area contributed by atoms with Gasteiger partial charge in [-0.25, -0.2) is 8.78 Å². The Labute approximate surface area is 130 Å². The Balaban J connectivity index is 2.57. The molecule has 0 saturated heterocycles. The van der Waals surface area contributed by atoms with Gasteiger partial charge in [-0.1, -0.05) is 22.9 Å². The van der Waals surface area contributed by atoms with Crippen LogP contribution in [0.2, 0.25) is 0 Å². The first kappa shape index (κ1) is 15.6. The van der Waals surface area contributed by atoms with Crippen LogP contribution in [0.15, 0.2) is 22.7 Å². The second-order valence-electron chi connectivity index (χ2n) is 4.64. The standard InChI is InChI=1S/C15H16BrF2NS/c1-4-19-15(11-5-8(2)20-9(11)3)14-12(17)6-10(16)7-13(14)18/h5-7,15,19H,4H2,1-3H3. The van der Waals surface area contributed by atoms with Crippen molar-refractivity contribution in [2.75, 3.05) is 6.54 Å². The molecule has 2 rings (SSSR count). The summed E-state index contributed by atoms with van der Waals surface area (Å²) in [4.78, 5) is 2.22. The molecule has 1 N–H and O–H groups in total. The molecule has 0 radical (unpaired) electrons. The van der Waals surface area contributed by atoms with Crippen LogP contribution in [-0.2, 0) is 0 Å². The first-order chi connectivity index (χ1) is 9.43. The highest BCUT2D eigenvalue weighted by atomic mass is 79.9. The minimum atomic E-state index is -0.536. The van der Waals surface area contributed by atoms with E-state index in [4.69, 9.17) is 0 Å². The van der Waals surface area contributed by atoms with Gasteiger partial charge in [-0.2, -0.15) is 0 Å². The van der Waals surface area contributed by atoms with Crippen LogP contribution >= 0.6 is 27.3 Å². The van der Waals surface area contributed by atoms with E-state index in [1.54, 1.807) is 11.3 Å². The lowest BCUT2D eigenvalue weighted by molar-refractivity contribution is 0.509. The molecule has 0 amide bonds. The molecular formula is C15H16BrF2NS. The van der Waals surface area contributed by atoms with Gasteiger partial charge >= 0.3 is 0 Å². The van der Waals surface area contributed by atoms with E-state index < -0.39 is 17.7 Å². The van der Waals surface area contributed by atoms with Gasteiger partial charge in [0.05, 0.1) is 6.04 Å². The predicted molar refractivity (Wildman–Crippen MR) is 83.4 cm³/mol. The number of thiophene rings is 1. The van der Waals surface area contributed by atoms with Gasteiger partial charge in [-0.3, -0.25) is 0 Å². The zero-order chi connectivity index (χ0) is 14.9. The zero-order valence-corrected chi connectivity index (χ0v) is 14.0. The van der Waals surface area contributed by atoms with Crippen molar-refractivity contribution < 1.29 is 8.78 Å². The summed E-state index contributed by atoms with van der Waals surface area (Å²) in [5, 5.41) is 3.18. The molecule has 0 saturated carbocycles. The van der Waals surface area contributed by atoms with Crippen molar-refractivity contribution in [3.05, 3.63) is 55.2 Å². The van der Waals surface area contributed by atoms with E-state index >= 15 is 0 Å². The van der Waals surface area contributed by atoms with Gasteiger partial charge in [-0.05, 0) is 44.2 Å². The molecule has 0 aliphatic heterocycles. The Kier molecular flexibility index (Phi) is 4.94. The lowest BCUT2D eigenvalue weighted by atomic mass is 9.98. The Bertz CT molecular complexity index is 601. The fourth-order valence-electron chi connectivity index (χ4n) is 2.34. The molecule has 2 aromatic rings. The molecule has 1 nitrogen and oxygen atoms in total. The summed E-state index contributed by atoms with van der Waals surface area (Å²) in [6.07, 6.45) is 0. The van der Waals surface area contributed by atoms with Crippen LogP contribution in [0.4, 0.5) is 8.78 Å². The zero-order valence-electron chi connectivity index (χ0n) is 11.6. The summed E-state index contributed by atoms with van der Waals surface area (Å²) in [6, 6.07) is 4.14. The summed E-state index contributed by atoms with van der Waals surface area (Å²) in [5.74, 6) is -1.07. The van der Waals surface area contributed by atoms with Crippen LogP contribution in [0.5, 0.6) is 0 Å². The van der Waals surface area contributed by atoms with Crippen molar-refractivity contribution in [3.63, 3.8) is 0 Å². The highest BCUT2D eigenvalue weighted by molar-refractivity contribution is 9.10. The van der Waals surface area contributed by atoms with Gasteiger partial charge in [0, 0.05) is 19.8 Å². The SMILES string of the molecule is CCNC(c1cc(C)sc1C)c1c(F)cc(Br)cc1F. The van der Waals surface area contributed by atoms with Crippen molar-refractivity contribution in [1.29, 1.82) is 0 Å². The van der Waals surface area contributed by atoms with Crippen molar-refractivity contribution in [3.8, 4) is 0 Å². The molecule has 0 bridgehead atoms. The highest BCUT2D eigenvalue weighted by Gasteiger charge is 2.24. The Hall–Kier alpha value is -0.780. The van der Waals surface area contributed by atoms with Gasteiger partial charge < -0.3 is 5.32 Å². The summed E-state index contributed by atoms with van der Waals surface area (Å²) >= 11 is 4.75. The molecule has 5 heteroatoms. The van der Waals surface area contributed by atoms with E-state index in [1.165, 1.54) is 12.1 Å². The average molecular weight is 360 g/mol. The molecule has 1 unspecified atom stereocenters. The Morgan fingerprint density at radius 1 is 1.20 bits per heavy atom. The van der Waals surface area contributed by atoms with E-state index in [-0.39, 0.29) is 5.56 Å². The predicted octanol–water partition coefficient (Wildman–Crippen LogP) is 5.10. The monoisotopic (exact) mass is 359 g/mol. The molecule has 0 aliphatic carbocycles. The maximum absolute atomic E-state index is 14.2. The molecule has 20 heavy (non-hydrogen) atoms. The van der Waals surface area contributed by atoms with Crippen molar-refractivity contribution >= 4 is 27.3 Å². The smallest absolute Gasteiger partial charge is 0.132 e. The first-order valence-corrected chi connectivity index (χ1v) is 7.99. The fraction of sp³-hybridized carbons (Fsp3) is 0.333. The van der Waals surface area contributed by atoms with Crippen molar-refractivity contribution in [2.24, 2.45) is 0 Å². The minimum absolute atomic E-state index is 0.0796. The molecule has 0 spiro atoms. The fourth-order valence-corrected chi connectivity index (χ4v) is 3.70. The number of hydrogen-bond acceptors (Lipinski definition) is 2. The van der Waals surface area contributed by atoms with E-state index in [0.29, 0.717) is 11.0 Å². The van der Waals surface area contributed by atoms with Crippen LogP contribution in [0, 0.1) is 25.5 Å². The van der Waals surface area contributed by atoms with E-state index in [0.717, 1.165) is 15.3 Å². The lowest BCUT2D eigenvalue weighted by Gasteiger charge is -2.20. The molecule has 0 fully saturated rings. The number of rotatable bonds is 4. The van der Waals surface area contributed by atoms with Crippen LogP contribution < -0.4 is 5.32 Å². The third kappa shape index (κ3) is 3.10. The summed E-state index contributed by atoms with van der Waals surface area (Å²) in [7, 11) is 0. The number of aryl methyl sites for hydroxylation is 2. The molecule has 108 valence electrons. The van der Waals surface area contributed by atoms with Crippen LogP contribution in [0.1, 0.15) is 33.8 Å². The quantitative estimate of drug-likeness (QED) is 0.800. The Morgan fingerprint density at radius 3 is 2.25 bits per heavy atom. The van der Waals surface area contributed by atoms with Crippen LogP contribution in [0.25, 0.3) is 0 Å².